The van der Waals surface area contributed by atoms with Gasteiger partial charge in [-0.3, -0.25) is 9.59 Å². The van der Waals surface area contributed by atoms with E-state index in [1.165, 1.54) is 6.42 Å². The molecular weight excluding hydrogens is 330 g/mol. The van der Waals surface area contributed by atoms with Crippen LogP contribution in [0.15, 0.2) is 24.3 Å². The summed E-state index contributed by atoms with van der Waals surface area (Å²) >= 11 is 0. The van der Waals surface area contributed by atoms with Crippen molar-refractivity contribution < 1.29 is 14.3 Å². The maximum absolute atomic E-state index is 12.0. The second-order valence-electron chi connectivity index (χ2n) is 6.05. The molecule has 0 aliphatic carbocycles. The second kappa shape index (κ2) is 8.89. The topological polar surface area (TPSA) is 70.7 Å². The Morgan fingerprint density at radius 3 is 3.00 bits per heavy atom. The Bertz CT molecular complexity index is 576. The number of rotatable bonds is 6. The van der Waals surface area contributed by atoms with Crippen LogP contribution in [0.3, 0.4) is 0 Å². The van der Waals surface area contributed by atoms with Crippen LogP contribution < -0.4 is 20.3 Å². The largest absolute Gasteiger partial charge is 0.482 e. The Morgan fingerprint density at radius 2 is 2.21 bits per heavy atom. The van der Waals surface area contributed by atoms with Crippen molar-refractivity contribution in [2.24, 2.45) is 5.92 Å². The highest BCUT2D eigenvalue weighted by Crippen LogP contribution is 2.31. The minimum absolute atomic E-state index is 0. The van der Waals surface area contributed by atoms with Gasteiger partial charge in [0, 0.05) is 19.5 Å². The number of nitrogens with zero attached hydrogens (tertiary/aromatic N) is 1. The van der Waals surface area contributed by atoms with Crippen molar-refractivity contribution in [2.75, 3.05) is 37.7 Å². The van der Waals surface area contributed by atoms with E-state index in [0.717, 1.165) is 25.2 Å². The molecule has 0 aromatic heterocycles. The summed E-state index contributed by atoms with van der Waals surface area (Å²) in [6.45, 7) is 3.26. The summed E-state index contributed by atoms with van der Waals surface area (Å²) in [7, 11) is 0. The van der Waals surface area contributed by atoms with Crippen LogP contribution in [0.25, 0.3) is 0 Å². The van der Waals surface area contributed by atoms with Crippen molar-refractivity contribution in [1.82, 2.24) is 10.6 Å². The van der Waals surface area contributed by atoms with E-state index in [9.17, 15) is 9.59 Å². The van der Waals surface area contributed by atoms with Gasteiger partial charge in [0.05, 0.1) is 5.69 Å². The van der Waals surface area contributed by atoms with Crippen LogP contribution in [-0.4, -0.2) is 44.6 Å². The number of benzene rings is 1. The normalized spacial score (nSPS) is 19.2. The summed E-state index contributed by atoms with van der Waals surface area (Å²) in [4.78, 5) is 25.6. The third-order valence-corrected chi connectivity index (χ3v) is 4.41. The van der Waals surface area contributed by atoms with Gasteiger partial charge >= 0.3 is 0 Å². The van der Waals surface area contributed by atoms with Gasteiger partial charge in [-0.1, -0.05) is 12.1 Å². The third-order valence-electron chi connectivity index (χ3n) is 4.41. The molecule has 3 rings (SSSR count). The molecule has 2 N–H and O–H groups in total. The van der Waals surface area contributed by atoms with Crippen LogP contribution in [0.5, 0.6) is 5.75 Å². The fourth-order valence-electron chi connectivity index (χ4n) is 3.08. The highest BCUT2D eigenvalue weighted by molar-refractivity contribution is 5.98. The van der Waals surface area contributed by atoms with Crippen molar-refractivity contribution in [3.05, 3.63) is 24.3 Å². The lowest BCUT2D eigenvalue weighted by molar-refractivity contribution is -0.122. The van der Waals surface area contributed by atoms with E-state index in [1.807, 2.05) is 24.3 Å². The number of amides is 2. The Hall–Kier alpha value is -1.79. The van der Waals surface area contributed by atoms with Gasteiger partial charge in [-0.25, -0.2) is 0 Å². The average Bonchev–Trinajstić information content (AvgIpc) is 3.07. The number of para-hydroxylation sites is 2. The fraction of sp³-hybridized carbons (Fsp3) is 0.529. The minimum atomic E-state index is -0.103. The molecule has 1 atom stereocenters. The fourth-order valence-corrected chi connectivity index (χ4v) is 3.08. The van der Waals surface area contributed by atoms with Crippen LogP contribution in [-0.2, 0) is 9.59 Å². The van der Waals surface area contributed by atoms with Gasteiger partial charge in [-0.15, -0.1) is 12.4 Å². The SMILES string of the molecule is Cl.O=C(CCN1C(=O)COc2ccccc21)NCCC1CCNC1. The first kappa shape index (κ1) is 18.5. The van der Waals surface area contributed by atoms with Gasteiger partial charge in [0.25, 0.3) is 5.91 Å². The molecule has 0 radical (unpaired) electrons. The number of ether oxygens (including phenoxy) is 1. The number of halogens is 1. The van der Waals surface area contributed by atoms with Gasteiger partial charge in [0.1, 0.15) is 5.75 Å². The maximum atomic E-state index is 12.0. The molecule has 2 aliphatic heterocycles. The van der Waals surface area contributed by atoms with E-state index in [-0.39, 0.29) is 30.8 Å². The van der Waals surface area contributed by atoms with E-state index in [4.69, 9.17) is 4.74 Å². The van der Waals surface area contributed by atoms with E-state index >= 15 is 0 Å². The van der Waals surface area contributed by atoms with Gasteiger partial charge < -0.3 is 20.3 Å². The van der Waals surface area contributed by atoms with Crippen LogP contribution in [0, 0.1) is 5.92 Å². The second-order valence-corrected chi connectivity index (χ2v) is 6.05. The molecule has 1 fully saturated rings. The first-order valence-corrected chi connectivity index (χ1v) is 8.23. The Balaban J connectivity index is 0.00000208. The average molecular weight is 354 g/mol. The molecule has 0 saturated carbocycles. The summed E-state index contributed by atoms with van der Waals surface area (Å²) in [5.74, 6) is 1.26. The van der Waals surface area contributed by atoms with E-state index in [2.05, 4.69) is 10.6 Å². The van der Waals surface area contributed by atoms with Crippen molar-refractivity contribution >= 4 is 29.9 Å². The highest BCUT2D eigenvalue weighted by Gasteiger charge is 2.25. The van der Waals surface area contributed by atoms with Gasteiger partial charge in [0.15, 0.2) is 6.61 Å². The number of carbonyl (C=O) groups is 2. The van der Waals surface area contributed by atoms with Crippen molar-refractivity contribution in [2.45, 2.75) is 19.3 Å². The maximum Gasteiger partial charge on any atom is 0.265 e. The summed E-state index contributed by atoms with van der Waals surface area (Å²) in [6.07, 6.45) is 2.51. The summed E-state index contributed by atoms with van der Waals surface area (Å²) in [6, 6.07) is 7.42. The predicted octanol–water partition coefficient (Wildman–Crippen LogP) is 1.34. The quantitative estimate of drug-likeness (QED) is 0.809. The first-order valence-electron chi connectivity index (χ1n) is 8.23. The van der Waals surface area contributed by atoms with Gasteiger partial charge in [-0.2, -0.15) is 0 Å². The first-order chi connectivity index (χ1) is 11.2. The molecule has 0 bridgehead atoms. The number of anilines is 1. The van der Waals surface area contributed by atoms with Gasteiger partial charge in [0.2, 0.25) is 5.91 Å². The van der Waals surface area contributed by atoms with Crippen molar-refractivity contribution in [3.63, 3.8) is 0 Å². The molecule has 0 spiro atoms. The smallest absolute Gasteiger partial charge is 0.265 e. The van der Waals surface area contributed by atoms with Crippen LogP contribution >= 0.6 is 12.4 Å². The zero-order valence-electron chi connectivity index (χ0n) is 13.6. The summed E-state index contributed by atoms with van der Waals surface area (Å²) in [5, 5.41) is 6.28. The molecule has 2 amide bonds. The summed E-state index contributed by atoms with van der Waals surface area (Å²) in [5.41, 5.74) is 0.744. The van der Waals surface area contributed by atoms with Gasteiger partial charge in [-0.05, 0) is 44.0 Å². The van der Waals surface area contributed by atoms with Crippen LogP contribution in [0.4, 0.5) is 5.69 Å². The Kier molecular flexibility index (Phi) is 6.87. The Labute approximate surface area is 148 Å². The molecule has 1 unspecified atom stereocenters. The number of nitrogens with one attached hydrogen (secondary N) is 2. The van der Waals surface area contributed by atoms with Crippen LogP contribution in [0.1, 0.15) is 19.3 Å². The molecule has 132 valence electrons. The standard InChI is InChI=1S/C17H23N3O3.ClH/c21-16(19-9-6-13-5-8-18-11-13)7-10-20-14-3-1-2-4-15(14)23-12-17(20)22;/h1-4,13,18H,5-12H2,(H,19,21);1H. The van der Waals surface area contributed by atoms with Crippen LogP contribution in [0.2, 0.25) is 0 Å². The van der Waals surface area contributed by atoms with E-state index in [0.29, 0.717) is 31.2 Å². The molecule has 1 aromatic carbocycles. The lowest BCUT2D eigenvalue weighted by Crippen LogP contribution is -2.41. The molecule has 1 saturated heterocycles. The molecule has 7 heteroatoms. The molecule has 24 heavy (non-hydrogen) atoms. The molecule has 2 aliphatic rings. The number of carbonyl (C=O) groups excluding carboxylic acids is 2. The zero-order chi connectivity index (χ0) is 16.1. The number of fused-ring (bicyclic) bond motifs is 1. The van der Waals surface area contributed by atoms with E-state index < -0.39 is 0 Å². The molecular formula is C17H24ClN3O3. The van der Waals surface area contributed by atoms with Crippen molar-refractivity contribution in [1.29, 1.82) is 0 Å². The third kappa shape index (κ3) is 4.61. The predicted molar refractivity (Wildman–Crippen MR) is 94.8 cm³/mol. The molecule has 1 aromatic rings. The highest BCUT2D eigenvalue weighted by atomic mass is 35.5. The monoisotopic (exact) mass is 353 g/mol. The minimum Gasteiger partial charge on any atom is -0.482 e. The lowest BCUT2D eigenvalue weighted by atomic mass is 10.1. The summed E-state index contributed by atoms with van der Waals surface area (Å²) < 4.78 is 5.40. The molecule has 6 nitrogen and oxygen atoms in total. The zero-order valence-corrected chi connectivity index (χ0v) is 14.4. The van der Waals surface area contributed by atoms with E-state index in [1.54, 1.807) is 4.90 Å². The molecule has 2 heterocycles. The lowest BCUT2D eigenvalue weighted by Gasteiger charge is -2.29. The number of hydrogen-bond donors (Lipinski definition) is 2. The number of hydrogen-bond acceptors (Lipinski definition) is 4. The van der Waals surface area contributed by atoms with Crippen molar-refractivity contribution in [3.8, 4) is 5.75 Å². The Morgan fingerprint density at radius 1 is 1.38 bits per heavy atom.